The fraction of sp³-hybridized carbons (Fsp3) is 0.421. The topological polar surface area (TPSA) is 87.3 Å². The van der Waals surface area contributed by atoms with Gasteiger partial charge in [-0.1, -0.05) is 0 Å². The van der Waals surface area contributed by atoms with Crippen LogP contribution in [0.5, 0.6) is 0 Å². The Labute approximate surface area is 151 Å². The molecule has 1 aromatic heterocycles. The van der Waals surface area contributed by atoms with E-state index in [1.54, 1.807) is 6.07 Å². The Bertz CT molecular complexity index is 841. The van der Waals surface area contributed by atoms with Crippen molar-refractivity contribution in [2.24, 2.45) is 0 Å². The van der Waals surface area contributed by atoms with Gasteiger partial charge < -0.3 is 15.0 Å². The third-order valence-corrected chi connectivity index (χ3v) is 5.01. The summed E-state index contributed by atoms with van der Waals surface area (Å²) >= 11 is 0. The van der Waals surface area contributed by atoms with Crippen LogP contribution in [-0.4, -0.2) is 48.4 Å². The van der Waals surface area contributed by atoms with Gasteiger partial charge in [-0.15, -0.1) is 0 Å². The molecule has 7 nitrogen and oxygen atoms in total. The Kier molecular flexibility index (Phi) is 4.71. The van der Waals surface area contributed by atoms with Crippen molar-refractivity contribution in [3.8, 4) is 0 Å². The van der Waals surface area contributed by atoms with Gasteiger partial charge in [-0.2, -0.15) is 5.10 Å². The summed E-state index contributed by atoms with van der Waals surface area (Å²) in [4.78, 5) is 26.2. The zero-order chi connectivity index (χ0) is 17.9. The summed E-state index contributed by atoms with van der Waals surface area (Å²) in [6.45, 7) is 3.23. The summed E-state index contributed by atoms with van der Waals surface area (Å²) in [6, 6.07) is 9.31. The molecule has 0 unspecified atom stereocenters. The molecule has 1 aliphatic heterocycles. The molecule has 0 spiro atoms. The first-order valence-corrected chi connectivity index (χ1v) is 9.00. The van der Waals surface area contributed by atoms with Gasteiger partial charge >= 0.3 is 0 Å². The first-order valence-electron chi connectivity index (χ1n) is 9.00. The number of benzene rings is 1. The predicted octanol–water partition coefficient (Wildman–Crippen LogP) is 0.894. The molecule has 0 bridgehead atoms. The fourth-order valence-electron chi connectivity index (χ4n) is 3.58. The number of H-pyrrole nitrogens is 1. The van der Waals surface area contributed by atoms with Gasteiger partial charge in [-0.05, 0) is 49.1 Å². The molecule has 0 radical (unpaired) electrons. The summed E-state index contributed by atoms with van der Waals surface area (Å²) in [6.07, 6.45) is 2.22. The van der Waals surface area contributed by atoms with E-state index in [0.717, 1.165) is 56.1 Å². The molecule has 136 valence electrons. The van der Waals surface area contributed by atoms with Gasteiger partial charge in [-0.3, -0.25) is 9.59 Å². The summed E-state index contributed by atoms with van der Waals surface area (Å²) in [5, 5.41) is 9.63. The number of nitrogens with one attached hydrogen (secondary N) is 2. The van der Waals surface area contributed by atoms with E-state index in [1.165, 1.54) is 0 Å². The van der Waals surface area contributed by atoms with E-state index in [4.69, 9.17) is 4.74 Å². The molecule has 1 aromatic carbocycles. The largest absolute Gasteiger partial charge is 0.378 e. The first kappa shape index (κ1) is 16.8. The molecule has 7 heteroatoms. The second-order valence-electron chi connectivity index (χ2n) is 6.76. The molecular weight excluding hydrogens is 332 g/mol. The lowest BCUT2D eigenvalue weighted by Gasteiger charge is -2.29. The van der Waals surface area contributed by atoms with Crippen molar-refractivity contribution in [2.45, 2.75) is 25.3 Å². The molecule has 2 heterocycles. The van der Waals surface area contributed by atoms with Crippen LogP contribution >= 0.6 is 0 Å². The number of fused-ring (bicyclic) bond motifs is 1. The Morgan fingerprint density at radius 1 is 1.23 bits per heavy atom. The van der Waals surface area contributed by atoms with E-state index >= 15 is 0 Å². The van der Waals surface area contributed by atoms with Crippen molar-refractivity contribution in [1.82, 2.24) is 15.5 Å². The number of ether oxygens (including phenoxy) is 1. The Hall–Kier alpha value is -2.67. The van der Waals surface area contributed by atoms with Gasteiger partial charge in [0.15, 0.2) is 0 Å². The maximum atomic E-state index is 12.6. The summed E-state index contributed by atoms with van der Waals surface area (Å²) in [5.74, 6) is -0.0789. The Morgan fingerprint density at radius 3 is 2.77 bits per heavy atom. The van der Waals surface area contributed by atoms with Crippen molar-refractivity contribution < 1.29 is 9.53 Å². The van der Waals surface area contributed by atoms with Crippen LogP contribution in [0.3, 0.4) is 0 Å². The second-order valence-corrected chi connectivity index (χ2v) is 6.76. The standard InChI is InChI=1S/C19H22N4O3/c24-18-12-14-11-15(3-6-17(14)21-22-18)20-19(25)13-1-4-16(5-2-13)23-7-9-26-10-8-23/h1-2,4-5,12,15H,3,6-11H2,(H,20,25)(H,22,24)/t15-/m1/s1. The molecule has 0 saturated carbocycles. The number of aryl methyl sites for hydroxylation is 1. The summed E-state index contributed by atoms with van der Waals surface area (Å²) in [7, 11) is 0. The number of nitrogens with zero attached hydrogens (tertiary/aromatic N) is 2. The maximum Gasteiger partial charge on any atom is 0.264 e. The highest BCUT2D eigenvalue weighted by atomic mass is 16.5. The Balaban J connectivity index is 1.39. The number of morpholine rings is 1. The minimum absolute atomic E-state index is 0.0255. The van der Waals surface area contributed by atoms with E-state index < -0.39 is 0 Å². The van der Waals surface area contributed by atoms with Crippen molar-refractivity contribution >= 4 is 11.6 Å². The van der Waals surface area contributed by atoms with Crippen LogP contribution in [0.4, 0.5) is 5.69 Å². The third kappa shape index (κ3) is 3.62. The zero-order valence-electron chi connectivity index (χ0n) is 14.5. The highest BCUT2D eigenvalue weighted by Crippen LogP contribution is 2.19. The van der Waals surface area contributed by atoms with E-state index in [0.29, 0.717) is 12.0 Å². The minimum Gasteiger partial charge on any atom is -0.378 e. The lowest BCUT2D eigenvalue weighted by atomic mass is 9.92. The molecule has 2 N–H and O–H groups in total. The van der Waals surface area contributed by atoms with Crippen LogP contribution in [-0.2, 0) is 17.6 Å². The number of aromatic amines is 1. The molecule has 1 amide bonds. The molecular formula is C19H22N4O3. The lowest BCUT2D eigenvalue weighted by Crippen LogP contribution is -2.39. The summed E-state index contributed by atoms with van der Waals surface area (Å²) in [5.41, 5.74) is 3.41. The number of aromatic nitrogens is 2. The van der Waals surface area contributed by atoms with Crippen molar-refractivity contribution in [3.63, 3.8) is 0 Å². The number of carbonyl (C=O) groups is 1. The maximum absolute atomic E-state index is 12.6. The van der Waals surface area contributed by atoms with E-state index in [2.05, 4.69) is 20.4 Å². The van der Waals surface area contributed by atoms with Gasteiger partial charge in [0.2, 0.25) is 0 Å². The molecule has 26 heavy (non-hydrogen) atoms. The van der Waals surface area contributed by atoms with Crippen LogP contribution in [0.15, 0.2) is 35.1 Å². The van der Waals surface area contributed by atoms with Crippen LogP contribution < -0.4 is 15.8 Å². The van der Waals surface area contributed by atoms with E-state index in [-0.39, 0.29) is 17.5 Å². The third-order valence-electron chi connectivity index (χ3n) is 5.01. The fourth-order valence-corrected chi connectivity index (χ4v) is 3.58. The average Bonchev–Trinajstić information content (AvgIpc) is 2.68. The minimum atomic E-state index is -0.200. The molecule has 2 aromatic rings. The van der Waals surface area contributed by atoms with Gasteiger partial charge in [0, 0.05) is 36.4 Å². The van der Waals surface area contributed by atoms with Crippen LogP contribution in [0.2, 0.25) is 0 Å². The van der Waals surface area contributed by atoms with Gasteiger partial charge in [-0.25, -0.2) is 5.10 Å². The number of amides is 1. The number of rotatable bonds is 3. The van der Waals surface area contributed by atoms with Crippen LogP contribution in [0, 0.1) is 0 Å². The van der Waals surface area contributed by atoms with Crippen LogP contribution in [0.25, 0.3) is 0 Å². The highest BCUT2D eigenvalue weighted by molar-refractivity contribution is 5.94. The highest BCUT2D eigenvalue weighted by Gasteiger charge is 2.22. The van der Waals surface area contributed by atoms with Gasteiger partial charge in [0.1, 0.15) is 0 Å². The van der Waals surface area contributed by atoms with E-state index in [9.17, 15) is 9.59 Å². The number of carbonyl (C=O) groups excluding carboxylic acids is 1. The van der Waals surface area contributed by atoms with Crippen LogP contribution in [0.1, 0.15) is 28.0 Å². The SMILES string of the molecule is O=C(N[C@@H]1CCc2n[nH]c(=O)cc2C1)c1ccc(N2CCOCC2)cc1. The van der Waals surface area contributed by atoms with E-state index in [1.807, 2.05) is 24.3 Å². The monoisotopic (exact) mass is 354 g/mol. The molecule has 1 atom stereocenters. The normalized spacial score (nSPS) is 19.7. The lowest BCUT2D eigenvalue weighted by molar-refractivity contribution is 0.0933. The van der Waals surface area contributed by atoms with Crippen molar-refractivity contribution in [2.75, 3.05) is 31.2 Å². The van der Waals surface area contributed by atoms with Crippen molar-refractivity contribution in [3.05, 3.63) is 57.5 Å². The van der Waals surface area contributed by atoms with Gasteiger partial charge in [0.05, 0.1) is 18.9 Å². The predicted molar refractivity (Wildman–Crippen MR) is 97.6 cm³/mol. The second kappa shape index (κ2) is 7.29. The quantitative estimate of drug-likeness (QED) is 0.855. The first-order chi connectivity index (χ1) is 12.7. The van der Waals surface area contributed by atoms with Gasteiger partial charge in [0.25, 0.3) is 11.5 Å². The molecule has 1 aliphatic carbocycles. The molecule has 1 fully saturated rings. The molecule has 2 aliphatic rings. The summed E-state index contributed by atoms with van der Waals surface area (Å²) < 4.78 is 5.37. The van der Waals surface area contributed by atoms with Crippen molar-refractivity contribution in [1.29, 1.82) is 0 Å². The number of hydrogen-bond donors (Lipinski definition) is 2. The smallest absolute Gasteiger partial charge is 0.264 e. The zero-order valence-corrected chi connectivity index (χ0v) is 14.5. The molecule has 4 rings (SSSR count). The number of anilines is 1. The average molecular weight is 354 g/mol. The Morgan fingerprint density at radius 2 is 2.00 bits per heavy atom. The molecule has 1 saturated heterocycles. The number of hydrogen-bond acceptors (Lipinski definition) is 5.